The van der Waals surface area contributed by atoms with Gasteiger partial charge in [-0.25, -0.2) is 0 Å². The molecule has 0 aliphatic heterocycles. The minimum atomic E-state index is 0.628. The van der Waals surface area contributed by atoms with Gasteiger partial charge in [-0.2, -0.15) is 0 Å². The average molecular weight is 1010 g/mol. The summed E-state index contributed by atoms with van der Waals surface area (Å²) in [5.41, 5.74) is 0. The second-order valence-electron chi connectivity index (χ2n) is 22.4. The monoisotopic (exact) mass is 1010 g/mol. The minimum absolute atomic E-state index is 0.628. The Morgan fingerprint density at radius 1 is 0.143 bits per heavy atom. The van der Waals surface area contributed by atoms with E-state index >= 15 is 0 Å². The van der Waals surface area contributed by atoms with Gasteiger partial charge < -0.3 is 47.4 Å². The smallest absolute Gasteiger partial charge is 0.0701 e. The molecule has 0 N–H and O–H groups in total. The van der Waals surface area contributed by atoms with Crippen molar-refractivity contribution in [3.05, 3.63) is 0 Å². The molecule has 0 heterocycles. The van der Waals surface area contributed by atoms with Crippen molar-refractivity contribution in [1.29, 1.82) is 0 Å². The molecule has 10 heteroatoms. The van der Waals surface area contributed by atoms with Crippen LogP contribution < -0.4 is 0 Å². The van der Waals surface area contributed by atoms with Crippen LogP contribution >= 0.6 is 0 Å². The average Bonchev–Trinajstić information content (AvgIpc) is 3.28. The molecular formula is C60H128O10. The van der Waals surface area contributed by atoms with Crippen LogP contribution in [0.4, 0.5) is 0 Å². The largest absolute Gasteiger partial charge is 0.381 e. The van der Waals surface area contributed by atoms with E-state index in [0.29, 0.717) is 66.1 Å². The van der Waals surface area contributed by atoms with Crippen molar-refractivity contribution in [2.24, 2.45) is 47.3 Å². The molecule has 0 unspecified atom stereocenters. The van der Waals surface area contributed by atoms with Crippen LogP contribution in [0.2, 0.25) is 0 Å². The minimum Gasteiger partial charge on any atom is -0.381 e. The Bertz CT molecular complexity index is 816. The van der Waals surface area contributed by atoms with E-state index in [1.165, 1.54) is 77.0 Å². The highest BCUT2D eigenvalue weighted by Crippen LogP contribution is 2.08. The summed E-state index contributed by atoms with van der Waals surface area (Å²) in [7, 11) is 0. The Labute approximate surface area is 438 Å². The predicted octanol–water partition coefficient (Wildman–Crippen LogP) is 15.6. The fourth-order valence-corrected chi connectivity index (χ4v) is 6.48. The molecule has 0 spiro atoms. The van der Waals surface area contributed by atoms with Crippen molar-refractivity contribution >= 4 is 0 Å². The molecule has 0 aromatic heterocycles. The molecular weight excluding hydrogens is 881 g/mol. The summed E-state index contributed by atoms with van der Waals surface area (Å²) in [6.07, 6.45) is 19.4. The lowest BCUT2D eigenvalue weighted by molar-refractivity contribution is -0.00276. The van der Waals surface area contributed by atoms with E-state index in [2.05, 4.69) is 111 Å². The summed E-state index contributed by atoms with van der Waals surface area (Å²) >= 11 is 0. The van der Waals surface area contributed by atoms with Gasteiger partial charge >= 0.3 is 0 Å². The molecule has 0 rings (SSSR count). The van der Waals surface area contributed by atoms with E-state index in [1.807, 2.05) is 0 Å². The summed E-state index contributed by atoms with van der Waals surface area (Å²) in [6.45, 7) is 51.2. The Morgan fingerprint density at radius 3 is 0.329 bits per heavy atom. The molecule has 0 saturated carbocycles. The van der Waals surface area contributed by atoms with Gasteiger partial charge in [0.05, 0.1) is 79.3 Å². The van der Waals surface area contributed by atoms with Crippen molar-refractivity contribution in [2.75, 3.05) is 132 Å². The van der Waals surface area contributed by atoms with Crippen LogP contribution in [0.1, 0.15) is 214 Å². The number of ether oxygens (including phenoxy) is 10. The molecule has 10 nitrogen and oxygen atoms in total. The lowest BCUT2D eigenvalue weighted by Gasteiger charge is -2.08. The number of hydrogen-bond acceptors (Lipinski definition) is 10. The third kappa shape index (κ3) is 90.4. The molecule has 0 atom stereocenters. The zero-order valence-electron chi connectivity index (χ0n) is 50.2. The highest BCUT2D eigenvalue weighted by atomic mass is 16.6. The van der Waals surface area contributed by atoms with Crippen LogP contribution in [0.3, 0.4) is 0 Å². The van der Waals surface area contributed by atoms with Crippen molar-refractivity contribution in [3.8, 4) is 0 Å². The SMILES string of the molecule is CC(C)CCCOCCCC(C)C.CC(C)CCCOCCOCCCC(C)C.CC(C)CCCOCCOCCOCCCC(C)C.CC(C)CCCOCCOCCOCCOCCCC(C)C. The van der Waals surface area contributed by atoms with Crippen LogP contribution in [0.15, 0.2) is 0 Å². The third-order valence-corrected chi connectivity index (χ3v) is 10.8. The first-order valence-electron chi connectivity index (χ1n) is 29.3. The first-order valence-corrected chi connectivity index (χ1v) is 29.3. The van der Waals surface area contributed by atoms with Gasteiger partial charge in [0.2, 0.25) is 0 Å². The standard InChI is InChI=1S/C18H38O4.C16H34O3.C14H30O2.C12H26O/c1-17(2)7-5-9-19-11-13-21-15-16-22-14-12-20-10-6-8-18(3)4;1-15(2)7-5-9-17-11-13-19-14-12-18-10-6-8-16(3)4;1-13(2)7-5-9-15-11-12-16-10-6-8-14(3)4;1-11(2)7-5-9-13-10-6-8-12(3)4/h17-18H,5-16H2,1-4H3;15-16H,5-14H2,1-4H3;13-14H,5-12H2,1-4H3;11-12H,5-10H2,1-4H3. The van der Waals surface area contributed by atoms with Gasteiger partial charge in [-0.1, -0.05) is 111 Å². The highest BCUT2D eigenvalue weighted by molar-refractivity contribution is 4.50. The first kappa shape index (κ1) is 76.1. The van der Waals surface area contributed by atoms with E-state index in [0.717, 1.165) is 139 Å². The topological polar surface area (TPSA) is 92.3 Å². The maximum absolute atomic E-state index is 5.53. The zero-order valence-corrected chi connectivity index (χ0v) is 50.2. The second-order valence-corrected chi connectivity index (χ2v) is 22.4. The summed E-state index contributed by atoms with van der Waals surface area (Å²) in [5.74, 6) is 6.28. The fraction of sp³-hybridized carbons (Fsp3) is 1.00. The van der Waals surface area contributed by atoms with Crippen LogP contribution in [-0.2, 0) is 47.4 Å². The summed E-state index contributed by atoms with van der Waals surface area (Å²) in [5, 5.41) is 0. The molecule has 0 aromatic carbocycles. The van der Waals surface area contributed by atoms with Crippen LogP contribution in [0.5, 0.6) is 0 Å². The Balaban J connectivity index is -0.000000422. The molecule has 0 aliphatic rings. The van der Waals surface area contributed by atoms with Gasteiger partial charge in [-0.15, -0.1) is 0 Å². The normalized spacial score (nSPS) is 11.7. The van der Waals surface area contributed by atoms with E-state index in [4.69, 9.17) is 47.4 Å². The number of rotatable bonds is 50. The van der Waals surface area contributed by atoms with E-state index in [-0.39, 0.29) is 0 Å². The third-order valence-electron chi connectivity index (χ3n) is 10.8. The van der Waals surface area contributed by atoms with Gasteiger partial charge in [-0.05, 0) is 150 Å². The molecule has 428 valence electrons. The Kier molecular flexibility index (Phi) is 70.4. The molecule has 0 saturated heterocycles. The maximum atomic E-state index is 5.53. The molecule has 0 aromatic rings. The van der Waals surface area contributed by atoms with E-state index in [9.17, 15) is 0 Å². The Hall–Kier alpha value is -0.400. The summed E-state index contributed by atoms with van der Waals surface area (Å²) in [6, 6.07) is 0. The highest BCUT2D eigenvalue weighted by Gasteiger charge is 2.01. The van der Waals surface area contributed by atoms with E-state index in [1.54, 1.807) is 0 Å². The van der Waals surface area contributed by atoms with Gasteiger partial charge in [0.15, 0.2) is 0 Å². The van der Waals surface area contributed by atoms with E-state index < -0.39 is 0 Å². The van der Waals surface area contributed by atoms with Crippen LogP contribution in [0.25, 0.3) is 0 Å². The number of hydrogen-bond donors (Lipinski definition) is 0. The molecule has 0 fully saturated rings. The van der Waals surface area contributed by atoms with Gasteiger partial charge in [0, 0.05) is 52.9 Å². The molecule has 0 amide bonds. The van der Waals surface area contributed by atoms with Gasteiger partial charge in [0.1, 0.15) is 0 Å². The first-order chi connectivity index (χ1) is 33.5. The van der Waals surface area contributed by atoms with Crippen molar-refractivity contribution in [1.82, 2.24) is 0 Å². The predicted molar refractivity (Wildman–Crippen MR) is 301 cm³/mol. The summed E-state index contributed by atoms with van der Waals surface area (Å²) < 4.78 is 54.8. The Morgan fingerprint density at radius 2 is 0.229 bits per heavy atom. The molecule has 0 bridgehead atoms. The van der Waals surface area contributed by atoms with Crippen molar-refractivity contribution in [3.63, 3.8) is 0 Å². The van der Waals surface area contributed by atoms with Crippen molar-refractivity contribution in [2.45, 2.75) is 214 Å². The molecule has 0 aliphatic carbocycles. The second kappa shape index (κ2) is 64.7. The quantitative estimate of drug-likeness (QED) is 0.0549. The molecule has 0 radical (unpaired) electrons. The van der Waals surface area contributed by atoms with Gasteiger partial charge in [-0.3, -0.25) is 0 Å². The molecule has 70 heavy (non-hydrogen) atoms. The van der Waals surface area contributed by atoms with Gasteiger partial charge in [0.25, 0.3) is 0 Å². The van der Waals surface area contributed by atoms with Crippen LogP contribution in [-0.4, -0.2) is 132 Å². The fourth-order valence-electron chi connectivity index (χ4n) is 6.48. The zero-order chi connectivity index (χ0) is 53.1. The van der Waals surface area contributed by atoms with Crippen LogP contribution in [0, 0.1) is 47.3 Å². The van der Waals surface area contributed by atoms with Crippen molar-refractivity contribution < 1.29 is 47.4 Å². The summed E-state index contributed by atoms with van der Waals surface area (Å²) in [4.78, 5) is 0. The lowest BCUT2D eigenvalue weighted by Crippen LogP contribution is -2.12. The lowest BCUT2D eigenvalue weighted by atomic mass is 10.1. The maximum Gasteiger partial charge on any atom is 0.0701 e.